The lowest BCUT2D eigenvalue weighted by atomic mass is 9.43. The predicted molar refractivity (Wildman–Crippen MR) is 130 cm³/mol. The molecule has 0 heterocycles. The van der Waals surface area contributed by atoms with Crippen LogP contribution in [0.3, 0.4) is 0 Å². The van der Waals surface area contributed by atoms with E-state index in [4.69, 9.17) is 0 Å². The summed E-state index contributed by atoms with van der Waals surface area (Å²) in [7, 11) is 0. The molecule has 0 aromatic carbocycles. The molecule has 31 heavy (non-hydrogen) atoms. The van der Waals surface area contributed by atoms with Crippen LogP contribution in [0.5, 0.6) is 0 Å². The van der Waals surface area contributed by atoms with Gasteiger partial charge in [-0.15, -0.1) is 0 Å². The van der Waals surface area contributed by atoms with Crippen LogP contribution in [-0.2, 0) is 0 Å². The number of aliphatic hydroxyl groups excluding tert-OH is 2. The Labute approximate surface area is 191 Å². The number of hydrogen-bond acceptors (Lipinski definition) is 2. The Morgan fingerprint density at radius 1 is 1.06 bits per heavy atom. The van der Waals surface area contributed by atoms with E-state index in [1.165, 1.54) is 36.8 Å². The molecular formula is C29H48O2. The number of rotatable bonds is 4. The summed E-state index contributed by atoms with van der Waals surface area (Å²) in [5.41, 5.74) is 2.97. The summed E-state index contributed by atoms with van der Waals surface area (Å²) in [6.45, 7) is 16.2. The molecule has 3 fully saturated rings. The van der Waals surface area contributed by atoms with E-state index in [1.807, 2.05) is 0 Å². The van der Waals surface area contributed by atoms with Crippen molar-refractivity contribution in [1.29, 1.82) is 0 Å². The zero-order valence-electron chi connectivity index (χ0n) is 21.2. The fourth-order valence-corrected chi connectivity index (χ4v) is 9.15. The molecule has 0 unspecified atom stereocenters. The number of aliphatic hydroxyl groups is 2. The van der Waals surface area contributed by atoms with E-state index < -0.39 is 0 Å². The number of hydrogen-bond donors (Lipinski definition) is 2. The van der Waals surface area contributed by atoms with E-state index in [2.05, 4.69) is 60.6 Å². The first-order valence-electron chi connectivity index (χ1n) is 13.1. The van der Waals surface area contributed by atoms with E-state index in [0.29, 0.717) is 29.6 Å². The summed E-state index contributed by atoms with van der Waals surface area (Å²) in [4.78, 5) is 0. The summed E-state index contributed by atoms with van der Waals surface area (Å²) < 4.78 is 0. The molecule has 3 saturated carbocycles. The normalized spacial score (nSPS) is 46.9. The van der Waals surface area contributed by atoms with Crippen LogP contribution in [-0.4, -0.2) is 22.4 Å². The fraction of sp³-hybridized carbons (Fsp3) is 0.862. The molecule has 0 aromatic heterocycles. The Bertz CT molecular complexity index is 744. The van der Waals surface area contributed by atoms with Gasteiger partial charge in [-0.05, 0) is 106 Å². The van der Waals surface area contributed by atoms with Crippen LogP contribution in [0.2, 0.25) is 0 Å². The molecule has 2 heteroatoms. The highest BCUT2D eigenvalue weighted by molar-refractivity contribution is 5.31. The average Bonchev–Trinajstić information content (AvgIpc) is 3.05. The van der Waals surface area contributed by atoms with E-state index in [1.54, 1.807) is 0 Å². The summed E-state index contributed by atoms with van der Waals surface area (Å²) >= 11 is 0. The van der Waals surface area contributed by atoms with Gasteiger partial charge in [-0.25, -0.2) is 0 Å². The molecule has 4 aliphatic carbocycles. The quantitative estimate of drug-likeness (QED) is 0.477. The lowest BCUT2D eigenvalue weighted by Gasteiger charge is -2.62. The smallest absolute Gasteiger partial charge is 0.0628 e. The van der Waals surface area contributed by atoms with Gasteiger partial charge in [0, 0.05) is 5.41 Å². The Kier molecular flexibility index (Phi) is 6.09. The van der Waals surface area contributed by atoms with Crippen LogP contribution in [0.1, 0.15) is 99.8 Å². The summed E-state index contributed by atoms with van der Waals surface area (Å²) in [5.74, 6) is 3.21. The third-order valence-corrected chi connectivity index (χ3v) is 11.0. The van der Waals surface area contributed by atoms with E-state index in [9.17, 15) is 10.2 Å². The van der Waals surface area contributed by atoms with E-state index in [-0.39, 0.29) is 28.5 Å². The molecule has 0 spiro atoms. The molecule has 0 amide bonds. The monoisotopic (exact) mass is 428 g/mol. The molecule has 0 aromatic rings. The van der Waals surface area contributed by atoms with Gasteiger partial charge in [0.25, 0.3) is 0 Å². The van der Waals surface area contributed by atoms with Crippen molar-refractivity contribution in [2.75, 3.05) is 0 Å². The van der Waals surface area contributed by atoms with Gasteiger partial charge in [-0.3, -0.25) is 0 Å². The van der Waals surface area contributed by atoms with Crippen LogP contribution in [0, 0.1) is 45.8 Å². The minimum atomic E-state index is -0.236. The highest BCUT2D eigenvalue weighted by Gasteiger charge is 2.64. The highest BCUT2D eigenvalue weighted by atomic mass is 16.3. The van der Waals surface area contributed by atoms with Crippen molar-refractivity contribution in [3.8, 4) is 0 Å². The summed E-state index contributed by atoms with van der Waals surface area (Å²) in [5, 5.41) is 22.5. The first kappa shape index (κ1) is 23.6. The third kappa shape index (κ3) is 3.50. The van der Waals surface area contributed by atoms with E-state index in [0.717, 1.165) is 25.7 Å². The first-order chi connectivity index (χ1) is 14.4. The highest BCUT2D eigenvalue weighted by Crippen LogP contribution is 2.68. The maximum Gasteiger partial charge on any atom is 0.0628 e. The first-order valence-corrected chi connectivity index (χ1v) is 13.1. The van der Waals surface area contributed by atoms with Crippen molar-refractivity contribution in [2.45, 2.75) is 112 Å². The van der Waals surface area contributed by atoms with E-state index >= 15 is 0 Å². The largest absolute Gasteiger partial charge is 0.393 e. The Morgan fingerprint density at radius 3 is 2.45 bits per heavy atom. The zero-order chi connectivity index (χ0) is 22.8. The maximum absolute atomic E-state index is 11.7. The minimum Gasteiger partial charge on any atom is -0.393 e. The second-order valence-corrected chi connectivity index (χ2v) is 13.1. The molecule has 9 atom stereocenters. The molecule has 0 saturated heterocycles. The molecule has 4 aliphatic rings. The Morgan fingerprint density at radius 2 is 1.77 bits per heavy atom. The van der Waals surface area contributed by atoms with Crippen molar-refractivity contribution >= 4 is 0 Å². The van der Waals surface area contributed by atoms with Crippen molar-refractivity contribution in [1.82, 2.24) is 0 Å². The molecule has 2 nitrogen and oxygen atoms in total. The standard InChI is InChI=1S/C29H48O2/c1-18(2)9-8-10-19(3)21-12-13-22-20-11-14-24-27(4,5)25(30)15-16-28(24,6)23(20)17-26(31)29(21,22)7/h9,14,19-23,25-26,30-31H,8,10-13,15-17H2,1-7H3/t19-,20+,21-,22+,23+,25-,26-,28-,29-/m1/s1. The zero-order valence-corrected chi connectivity index (χ0v) is 21.2. The summed E-state index contributed by atoms with van der Waals surface area (Å²) in [6.07, 6.45) is 13.5. The van der Waals surface area contributed by atoms with Gasteiger partial charge in [0.15, 0.2) is 0 Å². The van der Waals surface area contributed by atoms with Crippen molar-refractivity contribution in [3.05, 3.63) is 23.3 Å². The van der Waals surface area contributed by atoms with Crippen LogP contribution >= 0.6 is 0 Å². The molecule has 0 bridgehead atoms. The predicted octanol–water partition coefficient (Wildman–Crippen LogP) is 6.92. The third-order valence-electron chi connectivity index (χ3n) is 11.0. The van der Waals surface area contributed by atoms with Crippen LogP contribution in [0.4, 0.5) is 0 Å². The molecule has 176 valence electrons. The second-order valence-electron chi connectivity index (χ2n) is 13.1. The molecule has 2 N–H and O–H groups in total. The maximum atomic E-state index is 11.7. The number of fused-ring (bicyclic) bond motifs is 5. The van der Waals surface area contributed by atoms with Crippen molar-refractivity contribution in [2.24, 2.45) is 45.8 Å². The topological polar surface area (TPSA) is 40.5 Å². The summed E-state index contributed by atoms with van der Waals surface area (Å²) in [6, 6.07) is 0. The molecule has 4 rings (SSSR count). The van der Waals surface area contributed by atoms with Crippen LogP contribution in [0.25, 0.3) is 0 Å². The molecule has 0 radical (unpaired) electrons. The van der Waals surface area contributed by atoms with Crippen molar-refractivity contribution in [3.63, 3.8) is 0 Å². The molecule has 0 aliphatic heterocycles. The number of allylic oxidation sites excluding steroid dienone is 3. The average molecular weight is 429 g/mol. The van der Waals surface area contributed by atoms with Gasteiger partial charge in [0.05, 0.1) is 12.2 Å². The lowest BCUT2D eigenvalue weighted by molar-refractivity contribution is -0.142. The van der Waals surface area contributed by atoms with Crippen LogP contribution < -0.4 is 0 Å². The van der Waals surface area contributed by atoms with Gasteiger partial charge in [-0.1, -0.05) is 57.9 Å². The van der Waals surface area contributed by atoms with Gasteiger partial charge < -0.3 is 10.2 Å². The van der Waals surface area contributed by atoms with Gasteiger partial charge in [-0.2, -0.15) is 0 Å². The van der Waals surface area contributed by atoms with Gasteiger partial charge in [0.2, 0.25) is 0 Å². The SMILES string of the molecule is CC(C)=CCC[C@@H](C)[C@H]1CC[C@H]2[C@@H]3CC=C4C(C)(C)[C@H](O)CC[C@]4(C)[C@H]3C[C@@H](O)[C@]12C. The Balaban J connectivity index is 1.61. The van der Waals surface area contributed by atoms with Crippen molar-refractivity contribution < 1.29 is 10.2 Å². The second kappa shape index (κ2) is 8.01. The minimum absolute atomic E-state index is 0.0664. The van der Waals surface area contributed by atoms with Crippen LogP contribution in [0.15, 0.2) is 23.3 Å². The Hall–Kier alpha value is -0.600. The lowest BCUT2D eigenvalue weighted by Crippen LogP contribution is -2.58. The molecular weight excluding hydrogens is 380 g/mol. The van der Waals surface area contributed by atoms with Gasteiger partial charge in [0.1, 0.15) is 0 Å². The van der Waals surface area contributed by atoms with Gasteiger partial charge >= 0.3 is 0 Å². The fourth-order valence-electron chi connectivity index (χ4n) is 9.15.